The number of carbonyl (C=O) groups is 2. The molecule has 0 saturated carbocycles. The lowest BCUT2D eigenvalue weighted by Gasteiger charge is -2.12. The Morgan fingerprint density at radius 1 is 1.00 bits per heavy atom. The molecule has 0 radical (unpaired) electrons. The number of amides is 2. The number of nitro groups is 1. The first kappa shape index (κ1) is 22.6. The van der Waals surface area contributed by atoms with E-state index in [0.717, 1.165) is 27.8 Å². The second-order valence-corrected chi connectivity index (χ2v) is 8.61. The van der Waals surface area contributed by atoms with Gasteiger partial charge in [0.05, 0.1) is 16.4 Å². The van der Waals surface area contributed by atoms with Crippen molar-refractivity contribution in [1.82, 2.24) is 4.90 Å². The molecular weight excluding hydrogens is 464 g/mol. The highest BCUT2D eigenvalue weighted by atomic mass is 35.5. The average molecular weight is 481 g/mol. The molecule has 0 unspecified atom stereocenters. The molecule has 9 heteroatoms. The summed E-state index contributed by atoms with van der Waals surface area (Å²) in [6.07, 6.45) is 1.65. The topological polar surface area (TPSA) is 89.8 Å². The van der Waals surface area contributed by atoms with Gasteiger partial charge in [0.2, 0.25) is 0 Å². The summed E-state index contributed by atoms with van der Waals surface area (Å²) in [6, 6.07) is 20.4. The highest BCUT2D eigenvalue weighted by Gasteiger charge is 2.35. The molecule has 0 spiro atoms. The van der Waals surface area contributed by atoms with Gasteiger partial charge >= 0.3 is 0 Å². The Morgan fingerprint density at radius 3 is 2.39 bits per heavy atom. The van der Waals surface area contributed by atoms with Crippen LogP contribution in [0.2, 0.25) is 5.02 Å². The molecular formula is C24H17ClN2O5S. The summed E-state index contributed by atoms with van der Waals surface area (Å²) in [5, 5.41) is 11.1. The van der Waals surface area contributed by atoms with Crippen molar-refractivity contribution in [2.45, 2.75) is 13.2 Å². The number of non-ortho nitro benzene ring substituents is 1. The molecule has 0 aromatic heterocycles. The van der Waals surface area contributed by atoms with Crippen molar-refractivity contribution in [2.75, 3.05) is 0 Å². The number of nitro benzene ring substituents is 1. The fourth-order valence-corrected chi connectivity index (χ4v) is 4.10. The number of hydrogen-bond donors (Lipinski definition) is 0. The van der Waals surface area contributed by atoms with E-state index in [4.69, 9.17) is 16.3 Å². The molecule has 7 nitrogen and oxygen atoms in total. The van der Waals surface area contributed by atoms with Crippen molar-refractivity contribution < 1.29 is 19.2 Å². The summed E-state index contributed by atoms with van der Waals surface area (Å²) in [6.45, 7) is 0.413. The molecule has 2 amide bonds. The van der Waals surface area contributed by atoms with Gasteiger partial charge in [0, 0.05) is 17.2 Å². The molecule has 0 atom stereocenters. The Bertz CT molecular complexity index is 1240. The lowest BCUT2D eigenvalue weighted by Crippen LogP contribution is -2.27. The van der Waals surface area contributed by atoms with Crippen LogP contribution >= 0.6 is 23.4 Å². The second kappa shape index (κ2) is 9.89. The zero-order chi connectivity index (χ0) is 23.4. The van der Waals surface area contributed by atoms with Gasteiger partial charge in [0.25, 0.3) is 16.8 Å². The summed E-state index contributed by atoms with van der Waals surface area (Å²) in [5.41, 5.74) is 2.27. The van der Waals surface area contributed by atoms with Crippen LogP contribution in [0.4, 0.5) is 10.5 Å². The van der Waals surface area contributed by atoms with Crippen LogP contribution < -0.4 is 4.74 Å². The van der Waals surface area contributed by atoms with E-state index >= 15 is 0 Å². The smallest absolute Gasteiger partial charge is 0.293 e. The minimum atomic E-state index is -0.500. The van der Waals surface area contributed by atoms with Crippen LogP contribution in [0.25, 0.3) is 6.08 Å². The molecule has 1 aliphatic heterocycles. The summed E-state index contributed by atoms with van der Waals surface area (Å²) < 4.78 is 5.82. The Labute approximate surface area is 198 Å². The number of carbonyl (C=O) groups excluding carboxylic acids is 2. The van der Waals surface area contributed by atoms with Crippen molar-refractivity contribution in [1.29, 1.82) is 0 Å². The maximum absolute atomic E-state index is 12.8. The zero-order valence-electron chi connectivity index (χ0n) is 17.1. The molecule has 3 aromatic rings. The fraction of sp³-hybridized carbons (Fsp3) is 0.0833. The van der Waals surface area contributed by atoms with Gasteiger partial charge in [-0.1, -0.05) is 48.0 Å². The summed E-state index contributed by atoms with van der Waals surface area (Å²) in [7, 11) is 0. The van der Waals surface area contributed by atoms with E-state index in [1.807, 2.05) is 30.3 Å². The van der Waals surface area contributed by atoms with Gasteiger partial charge in [-0.2, -0.15) is 0 Å². The van der Waals surface area contributed by atoms with Crippen molar-refractivity contribution in [2.24, 2.45) is 0 Å². The highest BCUT2D eigenvalue weighted by Crippen LogP contribution is 2.34. The summed E-state index contributed by atoms with van der Waals surface area (Å²) >= 11 is 6.76. The SMILES string of the molecule is O=C1SC(=Cc2cccc(OCc3ccc(Cl)cc3)c2)C(=O)N1Cc1ccc([N+](=O)[O-])cc1. The van der Waals surface area contributed by atoms with Crippen LogP contribution in [0.1, 0.15) is 16.7 Å². The Kier molecular flexibility index (Phi) is 6.76. The number of rotatable bonds is 7. The van der Waals surface area contributed by atoms with Gasteiger partial charge in [0.15, 0.2) is 0 Å². The minimum absolute atomic E-state index is 0.0459. The first-order chi connectivity index (χ1) is 15.9. The average Bonchev–Trinajstić information content (AvgIpc) is 3.06. The van der Waals surface area contributed by atoms with Crippen molar-refractivity contribution in [3.8, 4) is 5.75 Å². The monoisotopic (exact) mass is 480 g/mol. The molecule has 1 aliphatic rings. The molecule has 33 heavy (non-hydrogen) atoms. The van der Waals surface area contributed by atoms with Gasteiger partial charge in [-0.3, -0.25) is 24.6 Å². The van der Waals surface area contributed by atoms with Gasteiger partial charge in [-0.25, -0.2) is 0 Å². The van der Waals surface area contributed by atoms with E-state index in [9.17, 15) is 19.7 Å². The van der Waals surface area contributed by atoms with Crippen LogP contribution in [0.5, 0.6) is 5.75 Å². The Balaban J connectivity index is 1.43. The van der Waals surface area contributed by atoms with Crippen molar-refractivity contribution in [3.05, 3.63) is 110 Å². The van der Waals surface area contributed by atoms with Gasteiger partial charge in [-0.15, -0.1) is 0 Å². The Hall–Kier alpha value is -3.62. The number of nitrogens with zero attached hydrogens (tertiary/aromatic N) is 2. The van der Waals surface area contributed by atoms with E-state index < -0.39 is 10.8 Å². The van der Waals surface area contributed by atoms with Crippen LogP contribution in [-0.2, 0) is 17.9 Å². The predicted molar refractivity (Wildman–Crippen MR) is 127 cm³/mol. The minimum Gasteiger partial charge on any atom is -0.489 e. The lowest BCUT2D eigenvalue weighted by molar-refractivity contribution is -0.384. The van der Waals surface area contributed by atoms with Crippen LogP contribution in [0.15, 0.2) is 77.7 Å². The predicted octanol–water partition coefficient (Wildman–Crippen LogP) is 6.06. The molecule has 0 N–H and O–H groups in total. The van der Waals surface area contributed by atoms with Gasteiger partial charge < -0.3 is 4.74 Å². The number of thioether (sulfide) groups is 1. The molecule has 3 aromatic carbocycles. The maximum Gasteiger partial charge on any atom is 0.293 e. The van der Waals surface area contributed by atoms with E-state index in [0.29, 0.717) is 27.8 Å². The fourth-order valence-electron chi connectivity index (χ4n) is 3.13. The van der Waals surface area contributed by atoms with Crippen molar-refractivity contribution in [3.63, 3.8) is 0 Å². The van der Waals surface area contributed by atoms with E-state index in [-0.39, 0.29) is 17.5 Å². The molecule has 1 heterocycles. The quantitative estimate of drug-likeness (QED) is 0.232. The van der Waals surface area contributed by atoms with Gasteiger partial charge in [-0.05, 0) is 58.8 Å². The van der Waals surface area contributed by atoms with E-state index in [1.165, 1.54) is 24.3 Å². The van der Waals surface area contributed by atoms with Gasteiger partial charge in [0.1, 0.15) is 12.4 Å². The molecule has 1 fully saturated rings. The lowest BCUT2D eigenvalue weighted by atomic mass is 10.2. The first-order valence-electron chi connectivity index (χ1n) is 9.85. The largest absolute Gasteiger partial charge is 0.489 e. The Morgan fingerprint density at radius 2 is 1.70 bits per heavy atom. The third kappa shape index (κ3) is 5.60. The normalized spacial score (nSPS) is 14.7. The molecule has 4 rings (SSSR count). The van der Waals surface area contributed by atoms with Crippen LogP contribution in [0.3, 0.4) is 0 Å². The maximum atomic E-state index is 12.8. The summed E-state index contributed by atoms with van der Waals surface area (Å²) in [4.78, 5) is 36.9. The van der Waals surface area contributed by atoms with E-state index in [2.05, 4.69) is 0 Å². The highest BCUT2D eigenvalue weighted by molar-refractivity contribution is 8.18. The molecule has 1 saturated heterocycles. The number of ether oxygens (including phenoxy) is 1. The molecule has 166 valence electrons. The first-order valence-corrected chi connectivity index (χ1v) is 11.0. The number of benzene rings is 3. The molecule has 0 bridgehead atoms. The number of imide groups is 1. The summed E-state index contributed by atoms with van der Waals surface area (Å²) in [5.74, 6) is 0.222. The third-order valence-electron chi connectivity index (χ3n) is 4.84. The molecule has 0 aliphatic carbocycles. The van der Waals surface area contributed by atoms with Crippen LogP contribution in [0, 0.1) is 10.1 Å². The van der Waals surface area contributed by atoms with E-state index in [1.54, 1.807) is 24.3 Å². The number of hydrogen-bond acceptors (Lipinski definition) is 6. The standard InChI is InChI=1S/C24H17ClN2O5S/c25-19-8-4-17(5-9-19)15-32-21-3-1-2-18(12-21)13-22-23(28)26(24(29)33-22)14-16-6-10-20(11-7-16)27(30)31/h1-13H,14-15H2. The zero-order valence-corrected chi connectivity index (χ0v) is 18.7. The number of halogens is 1. The third-order valence-corrected chi connectivity index (χ3v) is 6.00. The van der Waals surface area contributed by atoms with Crippen LogP contribution in [-0.4, -0.2) is 21.0 Å². The van der Waals surface area contributed by atoms with Crippen molar-refractivity contribution >= 4 is 46.3 Å². The second-order valence-electron chi connectivity index (χ2n) is 7.18.